The number of halogens is 1. The van der Waals surface area contributed by atoms with Gasteiger partial charge in [0.15, 0.2) is 11.7 Å². The van der Waals surface area contributed by atoms with E-state index in [0.717, 1.165) is 0 Å². The van der Waals surface area contributed by atoms with E-state index in [1.165, 1.54) is 17.2 Å². The van der Waals surface area contributed by atoms with E-state index >= 15 is 0 Å². The Kier molecular flexibility index (Phi) is 5.26. The molecule has 0 aliphatic carbocycles. The molecule has 2 aromatic rings. The maximum atomic E-state index is 12.3. The van der Waals surface area contributed by atoms with Crippen molar-refractivity contribution >= 4 is 40.9 Å². The van der Waals surface area contributed by atoms with E-state index in [1.807, 2.05) is 0 Å². The van der Waals surface area contributed by atoms with E-state index in [4.69, 9.17) is 26.6 Å². The summed E-state index contributed by atoms with van der Waals surface area (Å²) in [5.41, 5.74) is 0.984. The van der Waals surface area contributed by atoms with Crippen LogP contribution in [0.25, 0.3) is 6.08 Å². The van der Waals surface area contributed by atoms with Crippen LogP contribution in [0.2, 0.25) is 5.02 Å². The Labute approximate surface area is 181 Å². The molecule has 0 atom stereocenters. The first-order chi connectivity index (χ1) is 14.8. The van der Waals surface area contributed by atoms with E-state index < -0.39 is 10.8 Å². The number of allylic oxidation sites excluding steroid dienone is 1. The number of para-hydroxylation sites is 1. The molecule has 2 aliphatic heterocycles. The Morgan fingerprint density at radius 2 is 2.10 bits per heavy atom. The maximum absolute atomic E-state index is 12.3. The molecular weight excluding hydrogens is 424 g/mol. The van der Waals surface area contributed by atoms with Crippen LogP contribution in [0.15, 0.2) is 64.9 Å². The number of nitro benzene ring substituents is 1. The summed E-state index contributed by atoms with van der Waals surface area (Å²) >= 11 is 6.30. The van der Waals surface area contributed by atoms with Gasteiger partial charge < -0.3 is 9.57 Å². The molecule has 2 aromatic carbocycles. The minimum atomic E-state index is -0.557. The summed E-state index contributed by atoms with van der Waals surface area (Å²) in [6.07, 6.45) is 3.06. The Morgan fingerprint density at radius 3 is 2.84 bits per heavy atom. The highest BCUT2D eigenvalue weighted by Crippen LogP contribution is 2.30. The van der Waals surface area contributed by atoms with E-state index in [9.17, 15) is 14.9 Å². The number of carbonyl (C=O) groups is 1. The number of rotatable bonds is 5. The van der Waals surface area contributed by atoms with Crippen molar-refractivity contribution in [3.8, 4) is 5.75 Å². The maximum Gasteiger partial charge on any atom is 0.282 e. The van der Waals surface area contributed by atoms with Crippen LogP contribution in [0.3, 0.4) is 0 Å². The Morgan fingerprint density at radius 1 is 1.32 bits per heavy atom. The summed E-state index contributed by atoms with van der Waals surface area (Å²) in [6, 6.07) is 11.1. The minimum absolute atomic E-state index is 0.0312. The molecule has 0 bridgehead atoms. The monoisotopic (exact) mass is 438 g/mol. The number of nitrogens with one attached hydrogen (secondary N) is 1. The van der Waals surface area contributed by atoms with E-state index in [1.54, 1.807) is 49.4 Å². The molecule has 0 radical (unpaired) electrons. The number of amides is 1. The molecule has 156 valence electrons. The summed E-state index contributed by atoms with van der Waals surface area (Å²) in [5.74, 6) is 0.437. The van der Waals surface area contributed by atoms with Gasteiger partial charge in [-0.15, -0.1) is 5.06 Å². The molecule has 0 unspecified atom stereocenters. The van der Waals surface area contributed by atoms with Crippen LogP contribution >= 0.6 is 11.6 Å². The lowest BCUT2D eigenvalue weighted by Gasteiger charge is -2.23. The molecule has 0 fully saturated rings. The lowest BCUT2D eigenvalue weighted by Crippen LogP contribution is -2.38. The number of carbonyl (C=O) groups excluding carboxylic acids is 1. The fraction of sp³-hybridized carbons (Fsp3) is 0.0952. The average Bonchev–Trinajstić information content (AvgIpc) is 3.11. The zero-order valence-electron chi connectivity index (χ0n) is 16.2. The number of nitrogens with zero attached hydrogens (tertiary/aromatic N) is 3. The number of ether oxygens (including phenoxy) is 1. The lowest BCUT2D eigenvalue weighted by atomic mass is 10.1. The van der Waals surface area contributed by atoms with Gasteiger partial charge in [0, 0.05) is 12.1 Å². The number of benzene rings is 2. The van der Waals surface area contributed by atoms with E-state index in [-0.39, 0.29) is 34.6 Å². The first-order valence-electron chi connectivity index (χ1n) is 9.08. The number of fused-ring (bicyclic) bond motifs is 1. The third-order valence-corrected chi connectivity index (χ3v) is 4.81. The van der Waals surface area contributed by atoms with Gasteiger partial charge in [0.05, 0.1) is 21.1 Å². The fourth-order valence-electron chi connectivity index (χ4n) is 3.06. The second kappa shape index (κ2) is 8.04. The van der Waals surface area contributed by atoms with Gasteiger partial charge in [0.2, 0.25) is 0 Å². The van der Waals surface area contributed by atoms with Gasteiger partial charge >= 0.3 is 0 Å². The van der Waals surface area contributed by atoms with Crippen LogP contribution in [0, 0.1) is 15.5 Å². The van der Waals surface area contributed by atoms with Crippen LogP contribution in [-0.2, 0) is 16.2 Å². The summed E-state index contributed by atoms with van der Waals surface area (Å²) in [4.78, 5) is 32.3. The fourth-order valence-corrected chi connectivity index (χ4v) is 3.30. The third-order valence-electron chi connectivity index (χ3n) is 4.52. The molecule has 0 spiro atoms. The van der Waals surface area contributed by atoms with Gasteiger partial charge in [0.1, 0.15) is 18.1 Å². The molecule has 0 saturated heterocycles. The molecule has 4 rings (SSSR count). The number of nitro groups is 1. The topological polar surface area (TPSA) is 118 Å². The van der Waals surface area contributed by atoms with Crippen molar-refractivity contribution in [1.82, 2.24) is 5.06 Å². The smallest absolute Gasteiger partial charge is 0.282 e. The van der Waals surface area contributed by atoms with Crippen molar-refractivity contribution in [2.45, 2.75) is 13.5 Å². The molecule has 1 N–H and O–H groups in total. The second-order valence-electron chi connectivity index (χ2n) is 6.69. The molecular formula is C21H15ClN4O5. The summed E-state index contributed by atoms with van der Waals surface area (Å²) in [6.45, 7) is 1.67. The minimum Gasteiger partial charge on any atom is -0.487 e. The normalized spacial score (nSPS) is 16.6. The van der Waals surface area contributed by atoms with Crippen LogP contribution < -0.4 is 4.74 Å². The number of hydrogen-bond donors (Lipinski definition) is 1. The first kappa shape index (κ1) is 20.3. The van der Waals surface area contributed by atoms with Crippen LogP contribution in [0.5, 0.6) is 5.75 Å². The molecule has 2 aliphatic rings. The van der Waals surface area contributed by atoms with Crippen molar-refractivity contribution in [3.05, 3.63) is 86.1 Å². The molecule has 31 heavy (non-hydrogen) atoms. The standard InChI is InChI=1S/C21H15ClN4O5/c1-12-8-19-24-21(27)15(20(23)25(19)31-12)9-13-6-7-18(16(22)10-13)30-11-14-4-2-3-5-17(14)26(28)29/h2-10,23H,11H2,1H3/b15-9+,23-20?. The third kappa shape index (κ3) is 4.03. The first-order valence-corrected chi connectivity index (χ1v) is 9.46. The molecule has 0 saturated carbocycles. The SMILES string of the molecule is CC1=CC2=NC(=O)/C(=C/c3ccc(OCc4ccccc4[N+](=O)[O-])c(Cl)c3)C(=N)N2O1. The lowest BCUT2D eigenvalue weighted by molar-refractivity contribution is -0.385. The van der Waals surface area contributed by atoms with Crippen molar-refractivity contribution in [1.29, 1.82) is 5.41 Å². The summed E-state index contributed by atoms with van der Waals surface area (Å²) in [7, 11) is 0. The molecule has 1 amide bonds. The number of hydrogen-bond acceptors (Lipinski definition) is 6. The molecule has 9 nitrogen and oxygen atoms in total. The second-order valence-corrected chi connectivity index (χ2v) is 7.09. The number of aliphatic imine (C=N–C) groups is 1. The average molecular weight is 439 g/mol. The predicted octanol–water partition coefficient (Wildman–Crippen LogP) is 4.28. The van der Waals surface area contributed by atoms with Gasteiger partial charge in [-0.05, 0) is 36.8 Å². The Hall–Kier alpha value is -3.98. The van der Waals surface area contributed by atoms with E-state index in [2.05, 4.69) is 4.99 Å². The highest BCUT2D eigenvalue weighted by Gasteiger charge is 2.34. The van der Waals surface area contributed by atoms with Gasteiger partial charge in [-0.1, -0.05) is 29.8 Å². The molecule has 2 heterocycles. The predicted molar refractivity (Wildman–Crippen MR) is 114 cm³/mol. The van der Waals surface area contributed by atoms with Gasteiger partial charge in [0.25, 0.3) is 11.6 Å². The van der Waals surface area contributed by atoms with Gasteiger partial charge in [-0.2, -0.15) is 4.99 Å². The molecule has 10 heteroatoms. The van der Waals surface area contributed by atoms with Crippen molar-refractivity contribution in [2.75, 3.05) is 0 Å². The zero-order chi connectivity index (χ0) is 22.1. The Balaban J connectivity index is 1.53. The highest BCUT2D eigenvalue weighted by molar-refractivity contribution is 6.33. The van der Waals surface area contributed by atoms with Crippen molar-refractivity contribution in [3.63, 3.8) is 0 Å². The molecule has 0 aromatic heterocycles. The van der Waals surface area contributed by atoms with Gasteiger partial charge in [-0.3, -0.25) is 20.3 Å². The number of hydroxylamine groups is 2. The van der Waals surface area contributed by atoms with Crippen molar-refractivity contribution < 1.29 is 19.3 Å². The number of amidine groups is 2. The zero-order valence-corrected chi connectivity index (χ0v) is 16.9. The van der Waals surface area contributed by atoms with Crippen LogP contribution in [-0.4, -0.2) is 27.6 Å². The van der Waals surface area contributed by atoms with Crippen molar-refractivity contribution in [2.24, 2.45) is 4.99 Å². The highest BCUT2D eigenvalue weighted by atomic mass is 35.5. The van der Waals surface area contributed by atoms with Crippen LogP contribution in [0.1, 0.15) is 18.1 Å². The largest absolute Gasteiger partial charge is 0.487 e. The van der Waals surface area contributed by atoms with Crippen LogP contribution in [0.4, 0.5) is 5.69 Å². The summed E-state index contributed by atoms with van der Waals surface area (Å²) < 4.78 is 5.65. The summed E-state index contributed by atoms with van der Waals surface area (Å²) in [5, 5.41) is 20.8. The van der Waals surface area contributed by atoms with Gasteiger partial charge in [-0.25, -0.2) is 0 Å². The van der Waals surface area contributed by atoms with E-state index in [0.29, 0.717) is 22.6 Å². The quantitative estimate of drug-likeness (QED) is 0.423. The Bertz CT molecular complexity index is 1220.